The highest BCUT2D eigenvalue weighted by Crippen LogP contribution is 2.25. The lowest BCUT2D eigenvalue weighted by Gasteiger charge is -2.31. The minimum absolute atomic E-state index is 0.178. The first-order valence-electron chi connectivity index (χ1n) is 10.5. The lowest BCUT2D eigenvalue weighted by atomic mass is 10.0. The summed E-state index contributed by atoms with van der Waals surface area (Å²) in [4.78, 5) is 28.0. The molecule has 0 spiro atoms. The molecule has 1 atom stereocenters. The Morgan fingerprint density at radius 1 is 0.875 bits per heavy atom. The fourth-order valence-electron chi connectivity index (χ4n) is 3.37. The van der Waals surface area contributed by atoms with E-state index < -0.39 is 6.04 Å². The van der Waals surface area contributed by atoms with Gasteiger partial charge in [-0.2, -0.15) is 0 Å². The molecule has 3 rings (SSSR count). The van der Waals surface area contributed by atoms with Crippen LogP contribution in [0, 0.1) is 0 Å². The van der Waals surface area contributed by atoms with Crippen LogP contribution in [0.1, 0.15) is 24.1 Å². The molecule has 166 valence electrons. The maximum absolute atomic E-state index is 13.4. The lowest BCUT2D eigenvalue weighted by Crippen LogP contribution is -2.45. The number of benzene rings is 3. The van der Waals surface area contributed by atoms with Gasteiger partial charge in [0.1, 0.15) is 17.5 Å². The van der Waals surface area contributed by atoms with Gasteiger partial charge < -0.3 is 19.7 Å². The molecule has 0 radical (unpaired) electrons. The number of carbonyl (C=O) groups excluding carboxylic acids is 2. The van der Waals surface area contributed by atoms with Crippen LogP contribution < -0.4 is 14.8 Å². The van der Waals surface area contributed by atoms with Crippen molar-refractivity contribution in [2.75, 3.05) is 20.3 Å². The zero-order valence-corrected chi connectivity index (χ0v) is 18.4. The molecule has 0 saturated carbocycles. The zero-order chi connectivity index (χ0) is 22.8. The molecule has 2 amide bonds. The Labute approximate surface area is 188 Å². The van der Waals surface area contributed by atoms with Crippen molar-refractivity contribution in [3.05, 3.63) is 96.1 Å². The Morgan fingerprint density at radius 3 is 2.09 bits per heavy atom. The molecular weight excluding hydrogens is 404 g/mol. The summed E-state index contributed by atoms with van der Waals surface area (Å²) in [6, 6.07) is 25.1. The normalized spacial score (nSPS) is 11.3. The molecule has 32 heavy (non-hydrogen) atoms. The van der Waals surface area contributed by atoms with E-state index >= 15 is 0 Å². The molecule has 1 unspecified atom stereocenters. The lowest BCUT2D eigenvalue weighted by molar-refractivity contribution is -0.143. The second-order valence-electron chi connectivity index (χ2n) is 7.18. The summed E-state index contributed by atoms with van der Waals surface area (Å²) in [5.74, 6) is 0.798. The molecule has 0 bridgehead atoms. The van der Waals surface area contributed by atoms with E-state index in [-0.39, 0.29) is 25.0 Å². The molecule has 0 aliphatic heterocycles. The van der Waals surface area contributed by atoms with Crippen LogP contribution in [-0.4, -0.2) is 37.0 Å². The molecule has 0 aliphatic carbocycles. The average Bonchev–Trinajstić information content (AvgIpc) is 2.84. The van der Waals surface area contributed by atoms with E-state index in [2.05, 4.69) is 5.32 Å². The number of likely N-dealkylation sites (N-methyl/N-ethyl adjacent to an activating group) is 1. The van der Waals surface area contributed by atoms with Crippen LogP contribution in [0.25, 0.3) is 0 Å². The number of rotatable bonds is 10. The zero-order valence-electron chi connectivity index (χ0n) is 18.4. The Kier molecular flexibility index (Phi) is 8.26. The predicted molar refractivity (Wildman–Crippen MR) is 123 cm³/mol. The molecular formula is C26H28N2O4. The Balaban J connectivity index is 1.91. The molecule has 3 aromatic rings. The SMILES string of the molecule is CCNC(=O)C(c1ccccc1)N(Cc1ccc(OC)cc1)C(=O)COc1ccccc1. The summed E-state index contributed by atoms with van der Waals surface area (Å²) in [5, 5.41) is 2.86. The van der Waals surface area contributed by atoms with E-state index in [1.807, 2.05) is 79.7 Å². The van der Waals surface area contributed by atoms with E-state index in [0.717, 1.165) is 16.9 Å². The van der Waals surface area contributed by atoms with E-state index in [9.17, 15) is 9.59 Å². The van der Waals surface area contributed by atoms with Crippen LogP contribution >= 0.6 is 0 Å². The van der Waals surface area contributed by atoms with Gasteiger partial charge in [-0.1, -0.05) is 60.7 Å². The summed E-state index contributed by atoms with van der Waals surface area (Å²) in [6.45, 7) is 2.39. The molecule has 0 saturated heterocycles. The second-order valence-corrected chi connectivity index (χ2v) is 7.18. The quantitative estimate of drug-likeness (QED) is 0.526. The topological polar surface area (TPSA) is 67.9 Å². The molecule has 0 heterocycles. The minimum Gasteiger partial charge on any atom is -0.497 e. The third-order valence-electron chi connectivity index (χ3n) is 4.96. The average molecular weight is 433 g/mol. The predicted octanol–water partition coefficient (Wildman–Crippen LogP) is 3.98. The number of hydrogen-bond donors (Lipinski definition) is 1. The van der Waals surface area contributed by atoms with Gasteiger partial charge in [-0.05, 0) is 42.3 Å². The fraction of sp³-hybridized carbons (Fsp3) is 0.231. The van der Waals surface area contributed by atoms with Gasteiger partial charge in [-0.15, -0.1) is 0 Å². The summed E-state index contributed by atoms with van der Waals surface area (Å²) >= 11 is 0. The van der Waals surface area contributed by atoms with Crippen molar-refractivity contribution in [2.24, 2.45) is 0 Å². The number of amides is 2. The highest BCUT2D eigenvalue weighted by molar-refractivity contribution is 5.89. The maximum Gasteiger partial charge on any atom is 0.261 e. The number of para-hydroxylation sites is 1. The van der Waals surface area contributed by atoms with Crippen LogP contribution in [0.4, 0.5) is 0 Å². The Hall–Kier alpha value is -3.80. The van der Waals surface area contributed by atoms with Crippen molar-refractivity contribution >= 4 is 11.8 Å². The number of methoxy groups -OCH3 is 1. The monoisotopic (exact) mass is 432 g/mol. The summed E-state index contributed by atoms with van der Waals surface area (Å²) < 4.78 is 10.9. The minimum atomic E-state index is -0.787. The Bertz CT molecular complexity index is 991. The van der Waals surface area contributed by atoms with Gasteiger partial charge in [0.05, 0.1) is 7.11 Å². The first kappa shape index (κ1) is 22.9. The molecule has 6 nitrogen and oxygen atoms in total. The van der Waals surface area contributed by atoms with E-state index in [1.54, 1.807) is 24.1 Å². The van der Waals surface area contributed by atoms with Crippen LogP contribution in [-0.2, 0) is 16.1 Å². The van der Waals surface area contributed by atoms with Crippen molar-refractivity contribution in [1.82, 2.24) is 10.2 Å². The summed E-state index contributed by atoms with van der Waals surface area (Å²) in [7, 11) is 1.60. The highest BCUT2D eigenvalue weighted by Gasteiger charge is 2.31. The van der Waals surface area contributed by atoms with Gasteiger partial charge >= 0.3 is 0 Å². The number of ether oxygens (including phenoxy) is 2. The van der Waals surface area contributed by atoms with Gasteiger partial charge in [0.2, 0.25) is 5.91 Å². The first-order chi connectivity index (χ1) is 15.6. The standard InChI is InChI=1S/C26H28N2O4/c1-3-27-26(30)25(21-10-6-4-7-11-21)28(18-20-14-16-22(31-2)17-15-20)24(29)19-32-23-12-8-5-9-13-23/h4-17,25H,3,18-19H2,1-2H3,(H,27,30). The molecule has 0 fully saturated rings. The molecule has 0 aromatic heterocycles. The third kappa shape index (κ3) is 6.11. The molecule has 6 heteroatoms. The van der Waals surface area contributed by atoms with E-state index in [4.69, 9.17) is 9.47 Å². The van der Waals surface area contributed by atoms with Crippen LogP contribution in [0.5, 0.6) is 11.5 Å². The third-order valence-corrected chi connectivity index (χ3v) is 4.96. The van der Waals surface area contributed by atoms with Gasteiger partial charge in [0.15, 0.2) is 6.61 Å². The molecule has 3 aromatic carbocycles. The van der Waals surface area contributed by atoms with Crippen molar-refractivity contribution in [2.45, 2.75) is 19.5 Å². The summed E-state index contributed by atoms with van der Waals surface area (Å²) in [5.41, 5.74) is 1.61. The van der Waals surface area contributed by atoms with E-state index in [0.29, 0.717) is 12.3 Å². The van der Waals surface area contributed by atoms with Gasteiger partial charge in [0.25, 0.3) is 5.91 Å². The second kappa shape index (κ2) is 11.6. The van der Waals surface area contributed by atoms with Crippen LogP contribution in [0.15, 0.2) is 84.9 Å². The van der Waals surface area contributed by atoms with Gasteiger partial charge in [-0.3, -0.25) is 9.59 Å². The smallest absolute Gasteiger partial charge is 0.261 e. The van der Waals surface area contributed by atoms with Crippen LogP contribution in [0.3, 0.4) is 0 Å². The van der Waals surface area contributed by atoms with Gasteiger partial charge in [-0.25, -0.2) is 0 Å². The fourth-order valence-corrected chi connectivity index (χ4v) is 3.37. The van der Waals surface area contributed by atoms with Crippen LogP contribution in [0.2, 0.25) is 0 Å². The number of nitrogens with zero attached hydrogens (tertiary/aromatic N) is 1. The highest BCUT2D eigenvalue weighted by atomic mass is 16.5. The maximum atomic E-state index is 13.4. The van der Waals surface area contributed by atoms with Crippen molar-refractivity contribution in [3.8, 4) is 11.5 Å². The van der Waals surface area contributed by atoms with Crippen molar-refractivity contribution in [1.29, 1.82) is 0 Å². The molecule has 0 aliphatic rings. The van der Waals surface area contributed by atoms with E-state index in [1.165, 1.54) is 0 Å². The van der Waals surface area contributed by atoms with Crippen molar-refractivity contribution in [3.63, 3.8) is 0 Å². The van der Waals surface area contributed by atoms with Crippen molar-refractivity contribution < 1.29 is 19.1 Å². The molecule has 1 N–H and O–H groups in total. The number of hydrogen-bond acceptors (Lipinski definition) is 4. The van der Waals surface area contributed by atoms with Gasteiger partial charge in [0, 0.05) is 13.1 Å². The summed E-state index contributed by atoms with van der Waals surface area (Å²) in [6.07, 6.45) is 0. The largest absolute Gasteiger partial charge is 0.497 e. The number of carbonyl (C=O) groups is 2. The first-order valence-corrected chi connectivity index (χ1v) is 10.5. The Morgan fingerprint density at radius 2 is 1.50 bits per heavy atom. The number of nitrogens with one attached hydrogen (secondary N) is 1.